The highest BCUT2D eigenvalue weighted by Gasteiger charge is 2.09. The molecule has 6 heteroatoms. The van der Waals surface area contributed by atoms with E-state index in [2.05, 4.69) is 9.47 Å². The second-order valence-corrected chi connectivity index (χ2v) is 2.44. The van der Waals surface area contributed by atoms with Gasteiger partial charge < -0.3 is 9.47 Å². The summed E-state index contributed by atoms with van der Waals surface area (Å²) in [5, 5.41) is 0. The quantitative estimate of drug-likeness (QED) is 0.345. The molecule has 82 valence electrons. The molecule has 0 aromatic heterocycles. The fourth-order valence-corrected chi connectivity index (χ4v) is 0.491. The molecule has 0 saturated heterocycles. The van der Waals surface area contributed by atoms with E-state index in [-0.39, 0.29) is 0 Å². The van der Waals surface area contributed by atoms with Gasteiger partial charge in [-0.05, 0) is 0 Å². The van der Waals surface area contributed by atoms with Crippen LogP contribution in [0.4, 0.5) is 0 Å². The minimum Gasteiger partial charge on any atom is -0.466 e. The van der Waals surface area contributed by atoms with Crippen molar-refractivity contribution in [1.82, 2.24) is 0 Å². The molecular weight excluding hydrogens is 204 g/mol. The van der Waals surface area contributed by atoms with E-state index in [1.54, 1.807) is 0 Å². The molecule has 6 nitrogen and oxygen atoms in total. The molecule has 0 heterocycles. The molecule has 0 aliphatic carbocycles. The Morgan fingerprint density at radius 3 is 2.07 bits per heavy atom. The highest BCUT2D eigenvalue weighted by Crippen LogP contribution is 1.86. The van der Waals surface area contributed by atoms with Crippen LogP contribution in [0.15, 0.2) is 12.2 Å². The van der Waals surface area contributed by atoms with E-state index in [4.69, 9.17) is 0 Å². The van der Waals surface area contributed by atoms with E-state index in [9.17, 15) is 19.2 Å². The normalized spacial score (nSPS) is 9.73. The predicted molar refractivity (Wildman–Crippen MR) is 47.8 cm³/mol. The average Bonchev–Trinajstić information content (AvgIpc) is 2.21. The van der Waals surface area contributed by atoms with E-state index in [0.29, 0.717) is 0 Å². The summed E-state index contributed by atoms with van der Waals surface area (Å²) in [6.07, 6.45) is 1.65. The SMILES string of the molecule is COC(=O)/C=C/C(=O)OCC(=O)C(C)=O. The van der Waals surface area contributed by atoms with Crippen molar-refractivity contribution in [2.75, 3.05) is 13.7 Å². The third kappa shape index (κ3) is 6.14. The molecule has 0 amide bonds. The fraction of sp³-hybridized carbons (Fsp3) is 0.333. The van der Waals surface area contributed by atoms with Crippen molar-refractivity contribution in [2.45, 2.75) is 6.92 Å². The first-order valence-corrected chi connectivity index (χ1v) is 3.94. The van der Waals surface area contributed by atoms with Crippen molar-refractivity contribution in [3.05, 3.63) is 12.2 Å². The number of hydrogen-bond donors (Lipinski definition) is 0. The molecule has 0 saturated carbocycles. The van der Waals surface area contributed by atoms with Gasteiger partial charge in [0.1, 0.15) is 0 Å². The van der Waals surface area contributed by atoms with Crippen LogP contribution in [0.3, 0.4) is 0 Å². The third-order valence-electron chi connectivity index (χ3n) is 1.29. The molecule has 0 rings (SSSR count). The zero-order chi connectivity index (χ0) is 11.8. The van der Waals surface area contributed by atoms with Gasteiger partial charge in [0.2, 0.25) is 5.78 Å². The van der Waals surface area contributed by atoms with Crippen molar-refractivity contribution in [2.24, 2.45) is 0 Å². The Morgan fingerprint density at radius 1 is 1.07 bits per heavy atom. The molecule has 0 atom stereocenters. The van der Waals surface area contributed by atoms with Gasteiger partial charge in [0, 0.05) is 19.1 Å². The van der Waals surface area contributed by atoms with E-state index in [1.807, 2.05) is 0 Å². The maximum atomic E-state index is 10.8. The molecule has 0 aromatic rings. The summed E-state index contributed by atoms with van der Waals surface area (Å²) in [6.45, 7) is 0.445. The number of carbonyl (C=O) groups excluding carboxylic acids is 4. The van der Waals surface area contributed by atoms with Gasteiger partial charge in [-0.3, -0.25) is 9.59 Å². The Hall–Kier alpha value is -1.98. The van der Waals surface area contributed by atoms with Crippen LogP contribution in [0.2, 0.25) is 0 Å². The number of Topliss-reactive ketones (excluding diaryl/α,β-unsaturated/α-hetero) is 2. The third-order valence-corrected chi connectivity index (χ3v) is 1.29. The number of methoxy groups -OCH3 is 1. The number of rotatable bonds is 5. The average molecular weight is 214 g/mol. The van der Waals surface area contributed by atoms with Gasteiger partial charge >= 0.3 is 11.9 Å². The number of carbonyl (C=O) groups is 4. The van der Waals surface area contributed by atoms with Crippen LogP contribution in [-0.4, -0.2) is 37.2 Å². The smallest absolute Gasteiger partial charge is 0.331 e. The van der Waals surface area contributed by atoms with Crippen molar-refractivity contribution in [1.29, 1.82) is 0 Å². The van der Waals surface area contributed by atoms with E-state index >= 15 is 0 Å². The standard InChI is InChI=1S/C9H10O6/c1-6(10)7(11)5-15-9(13)4-3-8(12)14-2/h3-4H,5H2,1-2H3/b4-3+. The lowest BCUT2D eigenvalue weighted by molar-refractivity contribution is -0.146. The van der Waals surface area contributed by atoms with E-state index < -0.39 is 30.1 Å². The van der Waals surface area contributed by atoms with Gasteiger partial charge in [0.15, 0.2) is 12.4 Å². The topological polar surface area (TPSA) is 86.7 Å². The van der Waals surface area contributed by atoms with Crippen LogP contribution in [0.1, 0.15) is 6.92 Å². The second-order valence-electron chi connectivity index (χ2n) is 2.44. The maximum Gasteiger partial charge on any atom is 0.331 e. The Morgan fingerprint density at radius 2 is 1.60 bits per heavy atom. The second kappa shape index (κ2) is 6.47. The van der Waals surface area contributed by atoms with Gasteiger partial charge in [-0.2, -0.15) is 0 Å². The van der Waals surface area contributed by atoms with Crippen molar-refractivity contribution in [3.8, 4) is 0 Å². The van der Waals surface area contributed by atoms with Gasteiger partial charge in [-0.25, -0.2) is 9.59 Å². The zero-order valence-corrected chi connectivity index (χ0v) is 8.31. The Labute approximate surface area is 85.8 Å². The molecule has 0 radical (unpaired) electrons. The first-order valence-electron chi connectivity index (χ1n) is 3.94. The van der Waals surface area contributed by atoms with Gasteiger partial charge in [0.05, 0.1) is 7.11 Å². The minimum atomic E-state index is -0.894. The largest absolute Gasteiger partial charge is 0.466 e. The molecule has 0 aliphatic heterocycles. The van der Waals surface area contributed by atoms with Gasteiger partial charge in [-0.1, -0.05) is 0 Å². The first-order chi connectivity index (χ1) is 6.97. The lowest BCUT2D eigenvalue weighted by Crippen LogP contribution is -2.18. The van der Waals surface area contributed by atoms with E-state index in [1.165, 1.54) is 0 Å². The molecule has 0 N–H and O–H groups in total. The summed E-state index contributed by atoms with van der Waals surface area (Å²) < 4.78 is 8.57. The number of esters is 2. The predicted octanol–water partition coefficient (Wildman–Crippen LogP) is -0.583. The molecule has 0 aromatic carbocycles. The monoisotopic (exact) mass is 214 g/mol. The number of hydrogen-bond acceptors (Lipinski definition) is 6. The minimum absolute atomic E-state index is 0.625. The summed E-state index contributed by atoms with van der Waals surface area (Å²) in [7, 11) is 1.15. The number of ether oxygens (including phenoxy) is 2. The van der Waals surface area contributed by atoms with Crippen LogP contribution in [0, 0.1) is 0 Å². The van der Waals surface area contributed by atoms with Crippen LogP contribution in [0.25, 0.3) is 0 Å². The fourth-order valence-electron chi connectivity index (χ4n) is 0.491. The summed E-state index contributed by atoms with van der Waals surface area (Å²) in [5.74, 6) is -3.12. The summed E-state index contributed by atoms with van der Waals surface area (Å²) in [4.78, 5) is 42.5. The van der Waals surface area contributed by atoms with Crippen LogP contribution in [-0.2, 0) is 28.7 Å². The Bertz CT molecular complexity index is 315. The number of ketones is 2. The van der Waals surface area contributed by atoms with Crippen LogP contribution < -0.4 is 0 Å². The summed E-state index contributed by atoms with van der Waals surface area (Å²) in [6, 6.07) is 0. The molecule has 15 heavy (non-hydrogen) atoms. The van der Waals surface area contributed by atoms with Crippen molar-refractivity contribution >= 4 is 23.5 Å². The highest BCUT2D eigenvalue weighted by molar-refractivity contribution is 6.37. The molecule has 0 unspecified atom stereocenters. The summed E-state index contributed by atoms with van der Waals surface area (Å²) in [5.41, 5.74) is 0. The molecule has 0 bridgehead atoms. The van der Waals surface area contributed by atoms with Crippen LogP contribution >= 0.6 is 0 Å². The zero-order valence-electron chi connectivity index (χ0n) is 8.31. The molecule has 0 spiro atoms. The van der Waals surface area contributed by atoms with E-state index in [0.717, 1.165) is 26.2 Å². The molecule has 0 fully saturated rings. The Kier molecular flexibility index (Phi) is 5.62. The molecule has 0 aliphatic rings. The first kappa shape index (κ1) is 13.0. The van der Waals surface area contributed by atoms with Crippen LogP contribution in [0.5, 0.6) is 0 Å². The van der Waals surface area contributed by atoms with Crippen molar-refractivity contribution in [3.63, 3.8) is 0 Å². The summed E-state index contributed by atoms with van der Waals surface area (Å²) >= 11 is 0. The van der Waals surface area contributed by atoms with Crippen molar-refractivity contribution < 1.29 is 28.7 Å². The lowest BCUT2D eigenvalue weighted by atomic mass is 10.3. The highest BCUT2D eigenvalue weighted by atomic mass is 16.5. The maximum absolute atomic E-state index is 10.8. The Balaban J connectivity index is 3.96. The van der Waals surface area contributed by atoms with Gasteiger partial charge in [0.25, 0.3) is 0 Å². The molecular formula is C9H10O6. The lowest BCUT2D eigenvalue weighted by Gasteiger charge is -1.97. The van der Waals surface area contributed by atoms with Gasteiger partial charge in [-0.15, -0.1) is 0 Å².